The molecule has 7 unspecified atom stereocenters. The van der Waals surface area contributed by atoms with Crippen LogP contribution >= 0.6 is 0 Å². The van der Waals surface area contributed by atoms with Gasteiger partial charge in [-0.2, -0.15) is 0 Å². The quantitative estimate of drug-likeness (QED) is 0.479. The normalized spacial score (nSPS) is 36.4. The molecule has 0 aromatic rings. The van der Waals surface area contributed by atoms with E-state index in [0.717, 1.165) is 48.9 Å². The van der Waals surface area contributed by atoms with Crippen LogP contribution in [0, 0.1) is 35.5 Å². The van der Waals surface area contributed by atoms with Crippen molar-refractivity contribution in [2.75, 3.05) is 0 Å². The molecule has 0 aromatic heterocycles. The standard InChI is InChI=1S/C22H40O.C2H6/c1-6-9-19(23)14-18-11-13-22(20(8-3)16(18)5)21-12-10-17(7-2)15(21)4;1-2/h11,15-17,19-23H,6-10,12-14H2,1-5H3;1-2H3. The summed E-state index contributed by atoms with van der Waals surface area (Å²) in [7, 11) is 0. The van der Waals surface area contributed by atoms with Crippen molar-refractivity contribution >= 4 is 0 Å². The van der Waals surface area contributed by atoms with Crippen molar-refractivity contribution in [1.29, 1.82) is 0 Å². The van der Waals surface area contributed by atoms with E-state index in [1.54, 1.807) is 5.57 Å². The van der Waals surface area contributed by atoms with Gasteiger partial charge in [-0.25, -0.2) is 0 Å². The maximum absolute atomic E-state index is 10.2. The fourth-order valence-electron chi connectivity index (χ4n) is 5.88. The Hall–Kier alpha value is -0.300. The number of rotatable bonds is 7. The van der Waals surface area contributed by atoms with E-state index >= 15 is 0 Å². The van der Waals surface area contributed by atoms with Crippen molar-refractivity contribution in [3.8, 4) is 0 Å². The fourth-order valence-corrected chi connectivity index (χ4v) is 5.88. The molecule has 7 atom stereocenters. The van der Waals surface area contributed by atoms with Crippen molar-refractivity contribution < 1.29 is 5.11 Å². The first-order valence-electron chi connectivity index (χ1n) is 11.4. The van der Waals surface area contributed by atoms with Gasteiger partial charge in [0.2, 0.25) is 0 Å². The van der Waals surface area contributed by atoms with Gasteiger partial charge in [0.1, 0.15) is 0 Å². The molecule has 2 aliphatic rings. The van der Waals surface area contributed by atoms with Gasteiger partial charge >= 0.3 is 0 Å². The Kier molecular flexibility index (Phi) is 10.4. The predicted molar refractivity (Wildman–Crippen MR) is 112 cm³/mol. The van der Waals surface area contributed by atoms with Crippen molar-refractivity contribution in [3.63, 3.8) is 0 Å². The summed E-state index contributed by atoms with van der Waals surface area (Å²) in [5, 5.41) is 10.2. The Labute approximate surface area is 158 Å². The molecule has 0 bridgehead atoms. The summed E-state index contributed by atoms with van der Waals surface area (Å²) in [6, 6.07) is 0. The summed E-state index contributed by atoms with van der Waals surface area (Å²) in [6.45, 7) is 15.9. The molecule has 1 heteroatoms. The molecule has 2 rings (SSSR count). The van der Waals surface area contributed by atoms with Crippen LogP contribution in [0.15, 0.2) is 11.6 Å². The van der Waals surface area contributed by atoms with Crippen molar-refractivity contribution in [3.05, 3.63) is 11.6 Å². The third-order valence-electron chi connectivity index (χ3n) is 7.36. The zero-order valence-corrected chi connectivity index (χ0v) is 18.2. The summed E-state index contributed by atoms with van der Waals surface area (Å²) in [5.41, 5.74) is 1.55. The maximum atomic E-state index is 10.2. The highest BCUT2D eigenvalue weighted by Gasteiger charge is 2.42. The van der Waals surface area contributed by atoms with E-state index in [-0.39, 0.29) is 6.10 Å². The van der Waals surface area contributed by atoms with Crippen LogP contribution < -0.4 is 0 Å². The molecular weight excluding hydrogens is 304 g/mol. The zero-order valence-electron chi connectivity index (χ0n) is 18.2. The lowest BCUT2D eigenvalue weighted by atomic mass is 9.64. The summed E-state index contributed by atoms with van der Waals surface area (Å²) in [5.74, 6) is 5.18. The summed E-state index contributed by atoms with van der Waals surface area (Å²) < 4.78 is 0. The minimum atomic E-state index is -0.127. The monoisotopic (exact) mass is 350 g/mol. The first-order valence-corrected chi connectivity index (χ1v) is 11.4. The van der Waals surface area contributed by atoms with Gasteiger partial charge in [-0.05, 0) is 67.6 Å². The van der Waals surface area contributed by atoms with E-state index in [2.05, 4.69) is 40.7 Å². The highest BCUT2D eigenvalue weighted by molar-refractivity contribution is 5.14. The number of hydrogen-bond acceptors (Lipinski definition) is 1. The van der Waals surface area contributed by atoms with Crippen LogP contribution in [-0.2, 0) is 0 Å². The summed E-state index contributed by atoms with van der Waals surface area (Å²) in [4.78, 5) is 0. The molecule has 0 spiro atoms. The van der Waals surface area contributed by atoms with Crippen LogP contribution in [0.4, 0.5) is 0 Å². The lowest BCUT2D eigenvalue weighted by molar-refractivity contribution is 0.118. The van der Waals surface area contributed by atoms with Crippen LogP contribution in [0.2, 0.25) is 0 Å². The van der Waals surface area contributed by atoms with Gasteiger partial charge in [-0.1, -0.05) is 79.4 Å². The molecule has 1 saturated carbocycles. The topological polar surface area (TPSA) is 20.2 Å². The molecule has 1 N–H and O–H groups in total. The van der Waals surface area contributed by atoms with E-state index < -0.39 is 0 Å². The Balaban J connectivity index is 0.00000151. The molecule has 0 amide bonds. The Bertz CT molecular complexity index is 386. The molecule has 0 radical (unpaired) electrons. The molecule has 0 saturated heterocycles. The van der Waals surface area contributed by atoms with Crippen LogP contribution in [-0.4, -0.2) is 11.2 Å². The van der Waals surface area contributed by atoms with E-state index in [1.807, 2.05) is 13.8 Å². The van der Waals surface area contributed by atoms with Crippen LogP contribution in [0.3, 0.4) is 0 Å². The van der Waals surface area contributed by atoms with Gasteiger partial charge in [-0.15, -0.1) is 0 Å². The number of allylic oxidation sites excluding steroid dienone is 1. The largest absolute Gasteiger partial charge is 0.393 e. The van der Waals surface area contributed by atoms with Crippen LogP contribution in [0.1, 0.15) is 99.8 Å². The predicted octanol–water partition coefficient (Wildman–Crippen LogP) is 7.24. The van der Waals surface area contributed by atoms with Gasteiger partial charge < -0.3 is 5.11 Å². The molecule has 0 aromatic carbocycles. The average Bonchev–Trinajstić information content (AvgIpc) is 2.99. The van der Waals surface area contributed by atoms with E-state index in [0.29, 0.717) is 5.92 Å². The minimum absolute atomic E-state index is 0.127. The maximum Gasteiger partial charge on any atom is 0.0577 e. The highest BCUT2D eigenvalue weighted by Crippen LogP contribution is 2.50. The second-order valence-corrected chi connectivity index (χ2v) is 8.45. The van der Waals surface area contributed by atoms with Gasteiger partial charge in [0.25, 0.3) is 0 Å². The fraction of sp³-hybridized carbons (Fsp3) is 0.917. The minimum Gasteiger partial charge on any atom is -0.393 e. The van der Waals surface area contributed by atoms with Gasteiger partial charge in [0, 0.05) is 0 Å². The van der Waals surface area contributed by atoms with E-state index in [9.17, 15) is 5.11 Å². The van der Waals surface area contributed by atoms with Crippen LogP contribution in [0.25, 0.3) is 0 Å². The van der Waals surface area contributed by atoms with Crippen molar-refractivity contribution in [1.82, 2.24) is 0 Å². The summed E-state index contributed by atoms with van der Waals surface area (Å²) in [6.07, 6.45) is 12.2. The highest BCUT2D eigenvalue weighted by atomic mass is 16.3. The van der Waals surface area contributed by atoms with Crippen molar-refractivity contribution in [2.45, 2.75) is 106 Å². The molecule has 1 fully saturated rings. The first-order chi connectivity index (χ1) is 12.0. The van der Waals surface area contributed by atoms with E-state index in [4.69, 9.17) is 0 Å². The zero-order chi connectivity index (χ0) is 19.0. The Morgan fingerprint density at radius 2 is 1.72 bits per heavy atom. The number of hydrogen-bond donors (Lipinski definition) is 1. The second-order valence-electron chi connectivity index (χ2n) is 8.45. The summed E-state index contributed by atoms with van der Waals surface area (Å²) >= 11 is 0. The molecule has 25 heavy (non-hydrogen) atoms. The third kappa shape index (κ3) is 5.59. The van der Waals surface area contributed by atoms with Crippen molar-refractivity contribution in [2.24, 2.45) is 35.5 Å². The average molecular weight is 351 g/mol. The lowest BCUT2D eigenvalue weighted by Gasteiger charge is -2.42. The first kappa shape index (κ1) is 22.7. The van der Waals surface area contributed by atoms with Gasteiger partial charge in [0.15, 0.2) is 0 Å². The van der Waals surface area contributed by atoms with Crippen LogP contribution in [0.5, 0.6) is 0 Å². The Morgan fingerprint density at radius 1 is 1.04 bits per heavy atom. The SMILES string of the molecule is CC.CCCC(O)CC1=CCC(C2CCC(CC)C2C)C(CC)C1C. The molecular formula is C24H46O. The molecule has 0 heterocycles. The smallest absolute Gasteiger partial charge is 0.0577 e. The van der Waals surface area contributed by atoms with Gasteiger partial charge in [0.05, 0.1) is 6.10 Å². The van der Waals surface area contributed by atoms with Gasteiger partial charge in [-0.3, -0.25) is 0 Å². The third-order valence-corrected chi connectivity index (χ3v) is 7.36. The molecule has 1 nitrogen and oxygen atoms in total. The Morgan fingerprint density at radius 3 is 2.24 bits per heavy atom. The second kappa shape index (κ2) is 11.4. The lowest BCUT2D eigenvalue weighted by Crippen LogP contribution is -2.34. The molecule has 2 aliphatic carbocycles. The number of aliphatic hydroxyl groups is 1. The van der Waals surface area contributed by atoms with E-state index in [1.165, 1.54) is 32.1 Å². The number of aliphatic hydroxyl groups excluding tert-OH is 1. The molecule has 0 aliphatic heterocycles. The molecule has 148 valence electrons.